The van der Waals surface area contributed by atoms with Gasteiger partial charge >= 0.3 is 6.09 Å². The van der Waals surface area contributed by atoms with Gasteiger partial charge in [-0.2, -0.15) is 5.10 Å². The molecular weight excluding hydrogens is 452 g/mol. The van der Waals surface area contributed by atoms with Gasteiger partial charge in [0.15, 0.2) is 0 Å². The average molecular weight is 475 g/mol. The van der Waals surface area contributed by atoms with E-state index >= 15 is 0 Å². The normalized spacial score (nSPS) is 15.6. The van der Waals surface area contributed by atoms with Crippen molar-refractivity contribution in [2.45, 2.75) is 32.2 Å². The summed E-state index contributed by atoms with van der Waals surface area (Å²) in [6.45, 7) is 0.922. The summed E-state index contributed by atoms with van der Waals surface area (Å²) in [5.74, 6) is -0.176. The molecule has 0 radical (unpaired) electrons. The Kier molecular flexibility index (Phi) is 6.18. The van der Waals surface area contributed by atoms with Crippen LogP contribution in [-0.4, -0.2) is 33.1 Å². The number of hydrogen-bond donors (Lipinski definition) is 2. The quantitative estimate of drug-likeness (QED) is 0.442. The van der Waals surface area contributed by atoms with Gasteiger partial charge in [0.2, 0.25) is 5.91 Å². The first-order chi connectivity index (χ1) is 16.6. The minimum absolute atomic E-state index is 0.124. The first kappa shape index (κ1) is 22.0. The molecule has 4 aromatic rings. The fourth-order valence-electron chi connectivity index (χ4n) is 4.30. The third kappa shape index (κ3) is 4.61. The van der Waals surface area contributed by atoms with Crippen LogP contribution in [0.15, 0.2) is 72.9 Å². The Balaban J connectivity index is 1.43. The van der Waals surface area contributed by atoms with E-state index in [1.807, 2.05) is 66.7 Å². The number of ether oxygens (including phenoxy) is 1. The zero-order valence-corrected chi connectivity index (χ0v) is 19.1. The third-order valence-electron chi connectivity index (χ3n) is 6.00. The fourth-order valence-corrected chi connectivity index (χ4v) is 4.58. The molecule has 0 aliphatic carbocycles. The number of rotatable bonds is 5. The molecule has 1 atom stereocenters. The van der Waals surface area contributed by atoms with Crippen molar-refractivity contribution in [1.29, 1.82) is 0 Å². The highest BCUT2D eigenvalue weighted by Gasteiger charge is 2.32. The SMILES string of the molecule is O=C(NC1Cc2cc(Cl)c3[nH]ncc3c2CN(Cc2ccccc2)C1=O)OCc1ccccc1. The molecular formula is C26H23ClN4O3. The van der Waals surface area contributed by atoms with Crippen molar-refractivity contribution in [2.75, 3.05) is 0 Å². The van der Waals surface area contributed by atoms with Crippen LogP contribution in [0.1, 0.15) is 22.3 Å². The van der Waals surface area contributed by atoms with Crippen molar-refractivity contribution in [1.82, 2.24) is 20.4 Å². The van der Waals surface area contributed by atoms with E-state index in [4.69, 9.17) is 16.3 Å². The topological polar surface area (TPSA) is 87.3 Å². The number of fused-ring (bicyclic) bond motifs is 3. The second-order valence-electron chi connectivity index (χ2n) is 8.30. The summed E-state index contributed by atoms with van der Waals surface area (Å²) in [6.07, 6.45) is 1.40. The van der Waals surface area contributed by atoms with Crippen LogP contribution in [0.4, 0.5) is 4.79 Å². The van der Waals surface area contributed by atoms with Crippen LogP contribution >= 0.6 is 11.6 Å². The van der Waals surface area contributed by atoms with Crippen LogP contribution < -0.4 is 5.32 Å². The standard InChI is InChI=1S/C26H23ClN4O3/c27-22-11-19-12-23(29-26(33)34-16-18-9-5-2-6-10-18)25(32)31(14-17-7-3-1-4-8-17)15-21(19)20-13-28-30-24(20)22/h1-11,13,23H,12,14-16H2,(H,28,30)(H,29,33). The number of aromatic nitrogens is 2. The van der Waals surface area contributed by atoms with Crippen molar-refractivity contribution >= 4 is 34.5 Å². The van der Waals surface area contributed by atoms with Crippen LogP contribution in [0.2, 0.25) is 5.02 Å². The maximum absolute atomic E-state index is 13.6. The van der Waals surface area contributed by atoms with Gasteiger partial charge < -0.3 is 15.0 Å². The Hall–Kier alpha value is -3.84. The molecule has 1 unspecified atom stereocenters. The molecule has 1 aliphatic heterocycles. The number of benzene rings is 3. The van der Waals surface area contributed by atoms with Gasteiger partial charge in [-0.15, -0.1) is 0 Å². The fraction of sp³-hybridized carbons (Fsp3) is 0.192. The molecule has 0 saturated heterocycles. The van der Waals surface area contributed by atoms with Gasteiger partial charge in [0, 0.05) is 24.9 Å². The van der Waals surface area contributed by atoms with E-state index in [9.17, 15) is 9.59 Å². The van der Waals surface area contributed by atoms with Crippen molar-refractivity contribution in [3.8, 4) is 0 Å². The number of halogens is 1. The largest absolute Gasteiger partial charge is 0.445 e. The smallest absolute Gasteiger partial charge is 0.408 e. The van der Waals surface area contributed by atoms with E-state index in [2.05, 4.69) is 15.5 Å². The molecule has 1 aliphatic rings. The Morgan fingerprint density at radius 2 is 1.82 bits per heavy atom. The molecule has 3 aromatic carbocycles. The molecule has 34 heavy (non-hydrogen) atoms. The Morgan fingerprint density at radius 1 is 1.12 bits per heavy atom. The lowest BCUT2D eigenvalue weighted by Crippen LogP contribution is -2.48. The Bertz CT molecular complexity index is 1320. The molecule has 0 spiro atoms. The second kappa shape index (κ2) is 9.57. The predicted octanol–water partition coefficient (Wildman–Crippen LogP) is 4.60. The number of aromatic amines is 1. The van der Waals surface area contributed by atoms with Gasteiger partial charge in [-0.05, 0) is 28.3 Å². The molecule has 2 amide bonds. The molecule has 8 heteroatoms. The third-order valence-corrected chi connectivity index (χ3v) is 6.29. The number of H-pyrrole nitrogens is 1. The molecule has 0 bridgehead atoms. The predicted molar refractivity (Wildman–Crippen MR) is 129 cm³/mol. The lowest BCUT2D eigenvalue weighted by atomic mass is 9.99. The van der Waals surface area contributed by atoms with Gasteiger partial charge in [0.25, 0.3) is 0 Å². The van der Waals surface area contributed by atoms with E-state index in [-0.39, 0.29) is 12.5 Å². The number of carbonyl (C=O) groups is 2. The zero-order valence-electron chi connectivity index (χ0n) is 18.3. The monoisotopic (exact) mass is 474 g/mol. The number of nitrogens with one attached hydrogen (secondary N) is 2. The molecule has 172 valence electrons. The Morgan fingerprint density at radius 3 is 2.56 bits per heavy atom. The van der Waals surface area contributed by atoms with E-state index in [1.54, 1.807) is 11.1 Å². The summed E-state index contributed by atoms with van der Waals surface area (Å²) in [5.41, 5.74) is 4.48. The molecule has 0 saturated carbocycles. The van der Waals surface area contributed by atoms with Crippen molar-refractivity contribution in [3.63, 3.8) is 0 Å². The molecule has 5 rings (SSSR count). The minimum atomic E-state index is -0.784. The van der Waals surface area contributed by atoms with Crippen LogP contribution in [0, 0.1) is 0 Å². The summed E-state index contributed by atoms with van der Waals surface area (Å²) < 4.78 is 5.38. The maximum atomic E-state index is 13.6. The van der Waals surface area contributed by atoms with Crippen molar-refractivity contribution in [2.24, 2.45) is 0 Å². The van der Waals surface area contributed by atoms with Gasteiger partial charge in [-0.1, -0.05) is 72.3 Å². The highest BCUT2D eigenvalue weighted by atomic mass is 35.5. The summed E-state index contributed by atoms with van der Waals surface area (Å²) in [6, 6.07) is 20.2. The van der Waals surface area contributed by atoms with Crippen molar-refractivity contribution in [3.05, 3.63) is 100 Å². The Labute approximate surface area is 201 Å². The van der Waals surface area contributed by atoms with Gasteiger partial charge in [0.1, 0.15) is 12.6 Å². The number of carbonyl (C=O) groups excluding carboxylic acids is 2. The molecule has 7 nitrogen and oxygen atoms in total. The van der Waals surface area contributed by atoms with E-state index < -0.39 is 12.1 Å². The molecule has 0 fully saturated rings. The van der Waals surface area contributed by atoms with Crippen LogP contribution in [0.3, 0.4) is 0 Å². The zero-order chi connectivity index (χ0) is 23.5. The first-order valence-corrected chi connectivity index (χ1v) is 11.4. The van der Waals surface area contributed by atoms with Crippen LogP contribution in [0.5, 0.6) is 0 Å². The molecule has 1 aromatic heterocycles. The lowest BCUT2D eigenvalue weighted by molar-refractivity contribution is -0.134. The molecule has 2 heterocycles. The summed E-state index contributed by atoms with van der Waals surface area (Å²) in [4.78, 5) is 28.0. The highest BCUT2D eigenvalue weighted by Crippen LogP contribution is 2.32. The number of alkyl carbamates (subject to hydrolysis) is 1. The van der Waals surface area contributed by atoms with E-state index in [1.165, 1.54) is 0 Å². The van der Waals surface area contributed by atoms with Gasteiger partial charge in [-0.3, -0.25) is 9.89 Å². The lowest BCUT2D eigenvalue weighted by Gasteiger charge is -2.25. The first-order valence-electron chi connectivity index (χ1n) is 11.0. The average Bonchev–Trinajstić information content (AvgIpc) is 3.31. The summed E-state index contributed by atoms with van der Waals surface area (Å²) in [5, 5.41) is 11.3. The van der Waals surface area contributed by atoms with Crippen molar-refractivity contribution < 1.29 is 14.3 Å². The minimum Gasteiger partial charge on any atom is -0.445 e. The number of nitrogens with zero attached hydrogens (tertiary/aromatic N) is 2. The van der Waals surface area contributed by atoms with Gasteiger partial charge in [-0.25, -0.2) is 4.79 Å². The number of hydrogen-bond acceptors (Lipinski definition) is 4. The summed E-state index contributed by atoms with van der Waals surface area (Å²) >= 11 is 6.48. The van der Waals surface area contributed by atoms with Gasteiger partial charge in [0.05, 0.1) is 16.7 Å². The summed E-state index contributed by atoms with van der Waals surface area (Å²) in [7, 11) is 0. The van der Waals surface area contributed by atoms with Crippen LogP contribution in [-0.2, 0) is 35.6 Å². The van der Waals surface area contributed by atoms with E-state index in [0.717, 1.165) is 33.2 Å². The van der Waals surface area contributed by atoms with E-state index in [0.29, 0.717) is 24.5 Å². The highest BCUT2D eigenvalue weighted by molar-refractivity contribution is 6.35. The van der Waals surface area contributed by atoms with Crippen LogP contribution in [0.25, 0.3) is 10.9 Å². The molecule has 2 N–H and O–H groups in total. The second-order valence-corrected chi connectivity index (χ2v) is 8.70. The maximum Gasteiger partial charge on any atom is 0.408 e. The number of amides is 2.